The van der Waals surface area contributed by atoms with Crippen LogP contribution in [0.15, 0.2) is 189 Å². The number of carbonyl (C=O) groups excluding carboxylic acids is 3. The van der Waals surface area contributed by atoms with Gasteiger partial charge in [-0.25, -0.2) is 4.98 Å². The zero-order chi connectivity index (χ0) is 115. The molecule has 0 atom stereocenters. The normalized spacial score (nSPS) is 12.7. The molecule has 11 nitrogen and oxygen atoms in total. The van der Waals surface area contributed by atoms with Crippen LogP contribution in [0.3, 0.4) is 0 Å². The Bertz CT molecular complexity index is 4840. The lowest BCUT2D eigenvalue weighted by atomic mass is 9.84. The van der Waals surface area contributed by atoms with Gasteiger partial charge in [-0.15, -0.1) is 0 Å². The van der Waals surface area contributed by atoms with Crippen LogP contribution in [0, 0.1) is 65.0 Å². The Hall–Kier alpha value is -8.96. The van der Waals surface area contributed by atoms with E-state index in [0.717, 1.165) is 62.7 Å². The number of aryl methyl sites for hydroxylation is 4. The lowest BCUT2D eigenvalue weighted by molar-refractivity contribution is -0.123. The van der Waals surface area contributed by atoms with Gasteiger partial charge in [-0.2, -0.15) is 0 Å². The molecule has 0 saturated carbocycles. The van der Waals surface area contributed by atoms with E-state index in [1.807, 2.05) is 130 Å². The molecule has 0 unspecified atom stereocenters. The monoisotopic (exact) mass is 2030 g/mol. The molecule has 5 heterocycles. The maximum atomic E-state index is 11.9. The summed E-state index contributed by atoms with van der Waals surface area (Å²) in [6, 6.07) is 55.9. The summed E-state index contributed by atoms with van der Waals surface area (Å²) in [6.07, 6.45) is 24.5. The van der Waals surface area contributed by atoms with Crippen molar-refractivity contribution in [3.8, 4) is 0 Å². The van der Waals surface area contributed by atoms with E-state index in [1.54, 1.807) is 0 Å². The lowest BCUT2D eigenvalue weighted by Gasteiger charge is -2.21. The molecule has 0 radical (unpaired) electrons. The van der Waals surface area contributed by atoms with Crippen molar-refractivity contribution in [2.24, 2.45) is 65.0 Å². The second-order valence-electron chi connectivity index (χ2n) is 62.1. The van der Waals surface area contributed by atoms with E-state index in [-0.39, 0.29) is 71.9 Å². The molecule has 0 fully saturated rings. The third-order valence-corrected chi connectivity index (χ3v) is 24.0. The van der Waals surface area contributed by atoms with Gasteiger partial charge in [-0.1, -0.05) is 477 Å². The summed E-state index contributed by atoms with van der Waals surface area (Å²) in [5, 5.41) is 8.70. The minimum absolute atomic E-state index is 0.0152. The maximum Gasteiger partial charge on any atom is 0.230 e. The summed E-state index contributed by atoms with van der Waals surface area (Å²) in [5.74, 6) is 0.701. The van der Waals surface area contributed by atoms with Gasteiger partial charge in [0.2, 0.25) is 17.7 Å². The number of aromatic nitrogens is 5. The van der Waals surface area contributed by atoms with Gasteiger partial charge in [-0.3, -0.25) is 34.3 Å². The van der Waals surface area contributed by atoms with Gasteiger partial charge < -0.3 is 16.0 Å². The SMILES string of the molecule is CC(C)(C)CCc1ccc(C(C)(C)C)cc1.CC(C)(C)CCc1ccc(C(C)(C)C)cn1.CC(C)(C)CCc1ccc(C(C)(C)C)nc1.CC(C)(C)CCc1ccc(NC(=O)C(C)(C)C)cc1.CC(C)(C)Cc1ccc(C(C)(C)C)cc1.CC(C)(C)Cc1ccc(C(C)(C)C)cn1.CC(C)(C)Cc1ccc(C(C)(C)C)nc1.CC(C)(C)Cc1ccc(NC(=O)C(C)(C)C)cc1.CC(C)(C)Cc1ccc(NC(=O)C(C)(C)C)nc1. The van der Waals surface area contributed by atoms with Crippen molar-refractivity contribution in [2.45, 2.75) is 490 Å². The van der Waals surface area contributed by atoms with Gasteiger partial charge in [0.25, 0.3) is 0 Å². The van der Waals surface area contributed by atoms with Crippen molar-refractivity contribution in [3.05, 3.63) is 273 Å². The number of anilines is 3. The van der Waals surface area contributed by atoms with Crippen LogP contribution in [-0.4, -0.2) is 42.6 Å². The Kier molecular flexibility index (Phi) is 52.4. The molecule has 9 rings (SSSR count). The predicted octanol–water partition coefficient (Wildman–Crippen LogP) is 38.8. The van der Waals surface area contributed by atoms with E-state index in [2.05, 4.69) is 474 Å². The summed E-state index contributed by atoms with van der Waals surface area (Å²) < 4.78 is 0. The molecule has 0 spiro atoms. The van der Waals surface area contributed by atoms with Crippen molar-refractivity contribution >= 4 is 34.9 Å². The molecule has 0 saturated heterocycles. The molecule has 3 N–H and O–H groups in total. The zero-order valence-corrected chi connectivity index (χ0v) is 106. The van der Waals surface area contributed by atoms with E-state index in [0.29, 0.717) is 43.7 Å². The fourth-order valence-electron chi connectivity index (χ4n) is 14.3. The Labute approximate surface area is 911 Å². The molecule has 828 valence electrons. The molecule has 0 bridgehead atoms. The highest BCUT2D eigenvalue weighted by Crippen LogP contribution is 2.35. The fraction of sp³-hybridized carbons (Fsp3) is 0.620. The average molecular weight is 2030 g/mol. The second-order valence-corrected chi connectivity index (χ2v) is 62.1. The lowest BCUT2D eigenvalue weighted by Crippen LogP contribution is -2.28. The molecule has 0 aliphatic carbocycles. The number of hydrogen-bond donors (Lipinski definition) is 3. The van der Waals surface area contributed by atoms with Crippen LogP contribution in [0.1, 0.15) is 484 Å². The van der Waals surface area contributed by atoms with E-state index in [1.165, 1.54) is 116 Å². The zero-order valence-electron chi connectivity index (χ0n) is 106. The van der Waals surface area contributed by atoms with Crippen LogP contribution in [0.2, 0.25) is 0 Å². The summed E-state index contributed by atoms with van der Waals surface area (Å²) in [5.41, 5.74) is 24.6. The second kappa shape index (κ2) is 56.6. The molecule has 5 aromatic heterocycles. The van der Waals surface area contributed by atoms with Gasteiger partial charge in [0, 0.05) is 92.2 Å². The molecule has 0 aliphatic rings. The van der Waals surface area contributed by atoms with E-state index < -0.39 is 5.41 Å². The van der Waals surface area contributed by atoms with Gasteiger partial charge in [0.05, 0.1) is 0 Å². The highest BCUT2D eigenvalue weighted by atomic mass is 16.2. The van der Waals surface area contributed by atoms with Crippen molar-refractivity contribution < 1.29 is 14.4 Å². The molecule has 148 heavy (non-hydrogen) atoms. The number of benzene rings is 4. The number of hydrogen-bond acceptors (Lipinski definition) is 8. The van der Waals surface area contributed by atoms with Gasteiger partial charge in [-0.05, 0) is 270 Å². The molecule has 0 aliphatic heterocycles. The van der Waals surface area contributed by atoms with E-state index in [9.17, 15) is 14.4 Å². The van der Waals surface area contributed by atoms with Crippen molar-refractivity contribution in [1.29, 1.82) is 0 Å². The first-order valence-corrected chi connectivity index (χ1v) is 55.4. The molecule has 3 amide bonds. The van der Waals surface area contributed by atoms with Gasteiger partial charge in [0.1, 0.15) is 5.82 Å². The molecule has 4 aromatic carbocycles. The number of rotatable bonds is 16. The minimum atomic E-state index is -0.397. The average Bonchev–Trinajstić information content (AvgIpc) is 0.853. The summed E-state index contributed by atoms with van der Waals surface area (Å²) in [4.78, 5) is 57.9. The number of carbonyl (C=O) groups is 3. The minimum Gasteiger partial charge on any atom is -0.326 e. The van der Waals surface area contributed by atoms with Crippen molar-refractivity contribution in [2.75, 3.05) is 16.0 Å². The summed E-state index contributed by atoms with van der Waals surface area (Å²) in [6.45, 7) is 118. The van der Waals surface area contributed by atoms with Crippen LogP contribution >= 0.6 is 0 Å². The third-order valence-electron chi connectivity index (χ3n) is 24.0. The quantitative estimate of drug-likeness (QED) is 0.0865. The Morgan fingerprint density at radius 2 is 0.426 bits per heavy atom. The number of nitrogens with one attached hydrogen (secondary N) is 3. The number of pyridine rings is 5. The van der Waals surface area contributed by atoms with Crippen LogP contribution in [0.5, 0.6) is 0 Å². The highest BCUT2D eigenvalue weighted by molar-refractivity contribution is 5.95. The molecule has 9 aromatic rings. The maximum absolute atomic E-state index is 11.9. The molecule has 11 heteroatoms. The van der Waals surface area contributed by atoms with Crippen LogP contribution in [0.25, 0.3) is 0 Å². The Balaban J connectivity index is 0.000000833. The van der Waals surface area contributed by atoms with Gasteiger partial charge in [0.15, 0.2) is 0 Å². The standard InChI is InChI=1S/C17H27NO.C16H25NO.C16H26.C15H24N2O.2C15H25N.C15H24.2C14H23N/c1-16(2,3)12-11-13-7-9-14(10-8-13)18-15(19)17(4,5)6;1-15(2,3)11-12-7-9-13(10-8-12)17-14(18)16(4,5)6;1-15(2,3)12-11-13-7-9-14(10-8-13)16(4,5)6;1-14(2,3)9-11-7-8-12(16-10-11)17-13(18)15(4,5)6;1-14(2,3)10-9-13-8-7-12(11-16-13)15(4,5)6;1-14(2,3)10-9-12-7-8-13(16-11-12)15(4,5)6;1-14(2,3)11-12-7-9-13(10-8-12)15(4,5)6;1-13(2,3)9-12-8-7-11(10-15-12)14(4,5)6;1-13(2,3)9-11-7-8-12(15-10-11)14(4,5)6/h7-10H,11-12H2,1-6H3,(H,18,19);7-10H,11H2,1-6H3,(H,17,18);7-10H,11-12H2,1-6H3;7-8,10H,9H2,1-6H3,(H,16,17,18);2*7-8,11H,9-10H2,1-6H3;7-10H,11H2,1-6H3;2*7-8,10H,9H2,1-6H3. The first kappa shape index (κ1) is 137. The van der Waals surface area contributed by atoms with Crippen molar-refractivity contribution in [3.63, 3.8) is 0 Å². The first-order chi connectivity index (χ1) is 66.3. The summed E-state index contributed by atoms with van der Waals surface area (Å²) >= 11 is 0. The Morgan fingerprint density at radius 3 is 0.676 bits per heavy atom. The smallest absolute Gasteiger partial charge is 0.230 e. The van der Waals surface area contributed by atoms with Gasteiger partial charge >= 0.3 is 0 Å². The molecular weight excluding hydrogens is 1810 g/mol. The number of nitrogens with zero attached hydrogens (tertiary/aromatic N) is 5. The van der Waals surface area contributed by atoms with E-state index >= 15 is 0 Å². The fourth-order valence-corrected chi connectivity index (χ4v) is 14.3. The van der Waals surface area contributed by atoms with E-state index in [4.69, 9.17) is 0 Å². The van der Waals surface area contributed by atoms with Crippen LogP contribution in [-0.2, 0) is 105 Å². The predicted molar refractivity (Wildman–Crippen MR) is 650 cm³/mol. The largest absolute Gasteiger partial charge is 0.326 e. The van der Waals surface area contributed by atoms with Crippen LogP contribution in [0.4, 0.5) is 17.2 Å². The van der Waals surface area contributed by atoms with Crippen LogP contribution < -0.4 is 16.0 Å². The Morgan fingerprint density at radius 1 is 0.189 bits per heavy atom. The third kappa shape index (κ3) is 66.0. The summed E-state index contributed by atoms with van der Waals surface area (Å²) in [7, 11) is 0. The molecular formula is C137H222N8O3. The van der Waals surface area contributed by atoms with Crippen molar-refractivity contribution in [1.82, 2.24) is 24.9 Å². The topological polar surface area (TPSA) is 152 Å². The first-order valence-electron chi connectivity index (χ1n) is 55.4. The number of amides is 3. The highest BCUT2D eigenvalue weighted by Gasteiger charge is 2.28.